The van der Waals surface area contributed by atoms with Crippen LogP contribution in [0.2, 0.25) is 0 Å². The molecule has 0 saturated carbocycles. The first kappa shape index (κ1) is 25.5. The molecular formula is C26H34FN3O4. The zero-order valence-electron chi connectivity index (χ0n) is 20.8. The molecule has 2 atom stereocenters. The van der Waals surface area contributed by atoms with E-state index in [-0.39, 0.29) is 23.6 Å². The first-order chi connectivity index (χ1) is 16.0. The summed E-state index contributed by atoms with van der Waals surface area (Å²) in [7, 11) is 0. The molecule has 2 unspecified atom stereocenters. The lowest BCUT2D eigenvalue weighted by Crippen LogP contribution is -2.38. The molecule has 3 rings (SSSR count). The summed E-state index contributed by atoms with van der Waals surface area (Å²) in [4.78, 5) is 30.7. The van der Waals surface area contributed by atoms with Gasteiger partial charge in [0.15, 0.2) is 11.6 Å². The molecule has 34 heavy (non-hydrogen) atoms. The molecule has 2 heterocycles. The Morgan fingerprint density at radius 1 is 1.26 bits per heavy atom. The number of benzene rings is 1. The number of nitrogens with zero attached hydrogens (tertiary/aromatic N) is 2. The van der Waals surface area contributed by atoms with Gasteiger partial charge in [0, 0.05) is 18.8 Å². The molecule has 0 saturated heterocycles. The van der Waals surface area contributed by atoms with E-state index in [1.54, 1.807) is 29.3 Å². The maximum atomic E-state index is 14.9. The number of ether oxygens (including phenoxy) is 2. The lowest BCUT2D eigenvalue weighted by Gasteiger charge is -2.23. The Hall–Kier alpha value is -3.16. The molecule has 0 fully saturated rings. The number of halogens is 1. The highest BCUT2D eigenvalue weighted by Gasteiger charge is 2.30. The molecule has 8 heteroatoms. The van der Waals surface area contributed by atoms with Crippen LogP contribution in [0.25, 0.3) is 11.1 Å². The van der Waals surface area contributed by atoms with Gasteiger partial charge in [-0.1, -0.05) is 13.0 Å². The number of fused-ring (bicyclic) bond motifs is 1. The first-order valence-electron chi connectivity index (χ1n) is 11.7. The van der Waals surface area contributed by atoms with Crippen molar-refractivity contribution in [1.29, 1.82) is 0 Å². The second kappa shape index (κ2) is 10.4. The molecular weight excluding hydrogens is 437 g/mol. The molecule has 0 aliphatic carbocycles. The van der Waals surface area contributed by atoms with E-state index in [1.807, 2.05) is 41.5 Å². The summed E-state index contributed by atoms with van der Waals surface area (Å²) in [6, 6.07) is 6.36. The van der Waals surface area contributed by atoms with Gasteiger partial charge >= 0.3 is 6.09 Å². The number of alkyl carbamates (subject to hydrolysis) is 1. The van der Waals surface area contributed by atoms with Crippen LogP contribution in [0, 0.1) is 11.7 Å². The Labute approximate surface area is 200 Å². The van der Waals surface area contributed by atoms with E-state index in [4.69, 9.17) is 9.47 Å². The molecule has 2 amide bonds. The molecule has 0 radical (unpaired) electrons. The molecule has 1 N–H and O–H groups in total. The molecule has 184 valence electrons. The van der Waals surface area contributed by atoms with Crippen molar-refractivity contribution in [3.8, 4) is 16.9 Å². The summed E-state index contributed by atoms with van der Waals surface area (Å²) >= 11 is 0. The number of hydrogen-bond acceptors (Lipinski definition) is 5. The minimum atomic E-state index is -0.554. The van der Waals surface area contributed by atoms with Crippen LogP contribution in [0.3, 0.4) is 0 Å². The number of pyridine rings is 1. The summed E-state index contributed by atoms with van der Waals surface area (Å²) in [5, 5.41) is 2.81. The number of aromatic nitrogens is 1. The van der Waals surface area contributed by atoms with Crippen LogP contribution < -0.4 is 10.1 Å². The zero-order chi connectivity index (χ0) is 25.0. The minimum Gasteiger partial charge on any atom is -0.490 e. The normalized spacial score (nSPS) is 15.0. The molecule has 7 nitrogen and oxygen atoms in total. The highest BCUT2D eigenvalue weighted by atomic mass is 19.1. The lowest BCUT2D eigenvalue weighted by atomic mass is 9.99. The van der Waals surface area contributed by atoms with Crippen molar-refractivity contribution in [2.75, 3.05) is 13.2 Å². The van der Waals surface area contributed by atoms with Crippen LogP contribution in [0.1, 0.15) is 64.0 Å². The fraction of sp³-hybridized carbons (Fsp3) is 0.500. The Bertz CT molecular complexity index is 1050. The topological polar surface area (TPSA) is 80.8 Å². The summed E-state index contributed by atoms with van der Waals surface area (Å²) in [5.74, 6) is -0.349. The van der Waals surface area contributed by atoms with Crippen LogP contribution >= 0.6 is 0 Å². The van der Waals surface area contributed by atoms with Gasteiger partial charge in [-0.25, -0.2) is 9.18 Å². The zero-order valence-corrected chi connectivity index (χ0v) is 20.8. The van der Waals surface area contributed by atoms with E-state index in [2.05, 4.69) is 10.3 Å². The summed E-state index contributed by atoms with van der Waals surface area (Å²) in [6.45, 7) is 12.6. The van der Waals surface area contributed by atoms with Crippen LogP contribution in [0.5, 0.6) is 5.75 Å². The number of nitrogens with one attached hydrogen (secondary N) is 1. The lowest BCUT2D eigenvalue weighted by molar-refractivity contribution is 0.0500. The molecule has 1 aromatic carbocycles. The Morgan fingerprint density at radius 3 is 2.65 bits per heavy atom. The highest BCUT2D eigenvalue weighted by Crippen LogP contribution is 2.33. The van der Waals surface area contributed by atoms with Gasteiger partial charge in [0.2, 0.25) is 0 Å². The SMILES string of the molecule is CCN1Cc2nccc(-c3ccc(OCC(C)CC(C)NC(=O)OC(C)(C)C)c(F)c3)c2C1=O. The van der Waals surface area contributed by atoms with E-state index in [1.165, 1.54) is 6.07 Å². The largest absolute Gasteiger partial charge is 0.490 e. The smallest absolute Gasteiger partial charge is 0.407 e. The molecule has 1 aliphatic rings. The average molecular weight is 472 g/mol. The maximum absolute atomic E-state index is 14.9. The maximum Gasteiger partial charge on any atom is 0.407 e. The third kappa shape index (κ3) is 6.24. The van der Waals surface area contributed by atoms with Gasteiger partial charge in [0.1, 0.15) is 5.60 Å². The average Bonchev–Trinajstić information content (AvgIpc) is 3.07. The molecule has 2 aromatic rings. The van der Waals surface area contributed by atoms with Gasteiger partial charge in [-0.3, -0.25) is 9.78 Å². The van der Waals surface area contributed by atoms with Gasteiger partial charge in [-0.15, -0.1) is 0 Å². The van der Waals surface area contributed by atoms with Crippen molar-refractivity contribution in [2.45, 2.75) is 66.2 Å². The van der Waals surface area contributed by atoms with Crippen molar-refractivity contribution in [3.63, 3.8) is 0 Å². The van der Waals surface area contributed by atoms with Crippen LogP contribution in [0.15, 0.2) is 30.5 Å². The van der Waals surface area contributed by atoms with E-state index < -0.39 is 17.5 Å². The predicted octanol–water partition coefficient (Wildman–Crippen LogP) is 5.18. The van der Waals surface area contributed by atoms with Gasteiger partial charge in [-0.05, 0) is 76.3 Å². The first-order valence-corrected chi connectivity index (χ1v) is 11.7. The van der Waals surface area contributed by atoms with Crippen molar-refractivity contribution >= 4 is 12.0 Å². The van der Waals surface area contributed by atoms with Crippen LogP contribution in [-0.2, 0) is 11.3 Å². The number of carbonyl (C=O) groups excluding carboxylic acids is 2. The number of carbonyl (C=O) groups is 2. The number of amides is 2. The van der Waals surface area contributed by atoms with Gasteiger partial charge in [0.05, 0.1) is 24.4 Å². The van der Waals surface area contributed by atoms with E-state index in [9.17, 15) is 14.0 Å². The monoisotopic (exact) mass is 471 g/mol. The third-order valence-electron chi connectivity index (χ3n) is 5.54. The van der Waals surface area contributed by atoms with Crippen molar-refractivity contribution < 1.29 is 23.5 Å². The summed E-state index contributed by atoms with van der Waals surface area (Å²) < 4.78 is 25.8. The van der Waals surface area contributed by atoms with E-state index in [0.29, 0.717) is 48.5 Å². The summed E-state index contributed by atoms with van der Waals surface area (Å²) in [5.41, 5.74) is 1.98. The van der Waals surface area contributed by atoms with E-state index >= 15 is 0 Å². The van der Waals surface area contributed by atoms with Crippen molar-refractivity contribution in [2.24, 2.45) is 5.92 Å². The molecule has 1 aliphatic heterocycles. The van der Waals surface area contributed by atoms with Gasteiger partial charge in [-0.2, -0.15) is 0 Å². The quantitative estimate of drug-likeness (QED) is 0.574. The van der Waals surface area contributed by atoms with Crippen LogP contribution in [-0.4, -0.2) is 46.7 Å². The van der Waals surface area contributed by atoms with Crippen molar-refractivity contribution in [1.82, 2.24) is 15.2 Å². The van der Waals surface area contributed by atoms with Crippen molar-refractivity contribution in [3.05, 3.63) is 47.5 Å². The highest BCUT2D eigenvalue weighted by molar-refractivity contribution is 6.04. The fourth-order valence-electron chi connectivity index (χ4n) is 4.03. The number of hydrogen-bond donors (Lipinski definition) is 1. The Balaban J connectivity index is 1.60. The fourth-order valence-corrected chi connectivity index (χ4v) is 4.03. The van der Waals surface area contributed by atoms with Gasteiger partial charge in [0.25, 0.3) is 5.91 Å². The predicted molar refractivity (Wildman–Crippen MR) is 128 cm³/mol. The standard InChI is InChI=1S/C26H34FN3O4/c1-7-30-14-21-23(24(30)31)19(10-11-28-21)18-8-9-22(20(27)13-18)33-15-16(2)12-17(3)29-25(32)34-26(4,5)6/h8-11,13,16-17H,7,12,14-15H2,1-6H3,(H,29,32). The minimum absolute atomic E-state index is 0.0742. The van der Waals surface area contributed by atoms with Crippen LogP contribution in [0.4, 0.5) is 9.18 Å². The summed E-state index contributed by atoms with van der Waals surface area (Å²) in [6.07, 6.45) is 1.84. The number of rotatable bonds is 8. The van der Waals surface area contributed by atoms with E-state index in [0.717, 1.165) is 0 Å². The molecule has 0 spiro atoms. The Morgan fingerprint density at radius 2 is 2.00 bits per heavy atom. The second-order valence-electron chi connectivity index (χ2n) is 9.84. The molecule has 0 bridgehead atoms. The Kier molecular flexibility index (Phi) is 7.79. The third-order valence-corrected chi connectivity index (χ3v) is 5.54. The van der Waals surface area contributed by atoms with Gasteiger partial charge < -0.3 is 19.7 Å². The molecule has 1 aromatic heterocycles. The second-order valence-corrected chi connectivity index (χ2v) is 9.84.